The summed E-state index contributed by atoms with van der Waals surface area (Å²) in [5.74, 6) is -0.0282. The molecular formula is C18H24N4O2. The molecule has 1 N–H and O–H groups in total. The fourth-order valence-electron chi connectivity index (χ4n) is 3.22. The number of fused-ring (bicyclic) bond motifs is 1. The number of likely N-dealkylation sites (tertiary alicyclic amines) is 1. The number of H-pyrrole nitrogens is 1. The normalized spacial score (nSPS) is 18.8. The molecule has 3 rings (SSSR count). The molecule has 0 aliphatic carbocycles. The van der Waals surface area contributed by atoms with Gasteiger partial charge in [-0.15, -0.1) is 0 Å². The summed E-state index contributed by atoms with van der Waals surface area (Å²) in [4.78, 5) is 29.4. The topological polar surface area (TPSA) is 71.0 Å². The second kappa shape index (κ2) is 6.63. The first kappa shape index (κ1) is 16.5. The molecule has 2 aromatic rings. The molecule has 1 amide bonds. The van der Waals surface area contributed by atoms with E-state index in [9.17, 15) is 9.59 Å². The second-order valence-corrected chi connectivity index (χ2v) is 6.75. The van der Waals surface area contributed by atoms with Crippen molar-refractivity contribution in [2.45, 2.75) is 52.1 Å². The van der Waals surface area contributed by atoms with E-state index in [0.29, 0.717) is 11.2 Å². The van der Waals surface area contributed by atoms with Crippen LogP contribution in [0.3, 0.4) is 0 Å². The van der Waals surface area contributed by atoms with Crippen LogP contribution in [0.25, 0.3) is 17.1 Å². The van der Waals surface area contributed by atoms with Crippen molar-refractivity contribution < 1.29 is 4.79 Å². The number of aromatic amines is 1. The van der Waals surface area contributed by atoms with Crippen LogP contribution in [0.15, 0.2) is 23.1 Å². The van der Waals surface area contributed by atoms with Gasteiger partial charge in [-0.05, 0) is 52.2 Å². The van der Waals surface area contributed by atoms with Gasteiger partial charge >= 0.3 is 0 Å². The van der Waals surface area contributed by atoms with E-state index in [4.69, 9.17) is 0 Å². The van der Waals surface area contributed by atoms with Crippen molar-refractivity contribution in [3.05, 3.63) is 34.3 Å². The molecule has 1 saturated heterocycles. The van der Waals surface area contributed by atoms with Crippen LogP contribution in [0.4, 0.5) is 0 Å². The van der Waals surface area contributed by atoms with Gasteiger partial charge in [-0.2, -0.15) is 5.10 Å². The Morgan fingerprint density at radius 1 is 1.42 bits per heavy atom. The van der Waals surface area contributed by atoms with Crippen LogP contribution < -0.4 is 5.56 Å². The van der Waals surface area contributed by atoms with Crippen LogP contribution in [-0.4, -0.2) is 38.2 Å². The fourth-order valence-corrected chi connectivity index (χ4v) is 3.22. The number of carbonyl (C=O) groups is 1. The molecule has 128 valence electrons. The van der Waals surface area contributed by atoms with Crippen LogP contribution >= 0.6 is 0 Å². The third-order valence-electron chi connectivity index (χ3n) is 4.61. The van der Waals surface area contributed by atoms with Crippen molar-refractivity contribution in [3.8, 4) is 0 Å². The van der Waals surface area contributed by atoms with E-state index in [-0.39, 0.29) is 23.6 Å². The van der Waals surface area contributed by atoms with Crippen LogP contribution in [0.2, 0.25) is 0 Å². The number of rotatable bonds is 3. The minimum absolute atomic E-state index is 0.0282. The maximum Gasteiger partial charge on any atom is 0.256 e. The molecule has 1 aliphatic rings. The van der Waals surface area contributed by atoms with E-state index < -0.39 is 0 Å². The number of pyridine rings is 1. The van der Waals surface area contributed by atoms with E-state index in [1.54, 1.807) is 23.0 Å². The highest BCUT2D eigenvalue weighted by molar-refractivity contribution is 5.92. The van der Waals surface area contributed by atoms with E-state index in [1.165, 1.54) is 12.5 Å². The van der Waals surface area contributed by atoms with Gasteiger partial charge in [-0.3, -0.25) is 9.59 Å². The van der Waals surface area contributed by atoms with Crippen molar-refractivity contribution in [1.82, 2.24) is 19.7 Å². The van der Waals surface area contributed by atoms with Crippen molar-refractivity contribution in [1.29, 1.82) is 0 Å². The molecule has 0 unspecified atom stereocenters. The van der Waals surface area contributed by atoms with Gasteiger partial charge in [0, 0.05) is 35.7 Å². The van der Waals surface area contributed by atoms with E-state index in [2.05, 4.69) is 17.0 Å². The maximum absolute atomic E-state index is 12.4. The lowest BCUT2D eigenvalue weighted by Crippen LogP contribution is -2.41. The lowest BCUT2D eigenvalue weighted by atomic mass is 10.0. The molecule has 0 spiro atoms. The number of piperidine rings is 1. The number of nitrogens with one attached hydrogen (secondary N) is 1. The van der Waals surface area contributed by atoms with E-state index in [0.717, 1.165) is 24.8 Å². The largest absolute Gasteiger partial charge is 0.336 e. The molecule has 0 radical (unpaired) electrons. The van der Waals surface area contributed by atoms with E-state index in [1.807, 2.05) is 18.7 Å². The average molecular weight is 328 g/mol. The number of hydrogen-bond acceptors (Lipinski definition) is 3. The zero-order valence-electron chi connectivity index (χ0n) is 14.5. The standard InChI is InChI=1S/C18H24N4O2/c1-12(2)22-17-15(11-19-22)10-14(18(24)20-17)7-8-16(23)21-9-5-4-6-13(21)3/h7-8,10-13H,4-6,9H2,1-3H3,(H,20,24)/b8-7+/t13-/m1/s1. The third kappa shape index (κ3) is 3.13. The summed E-state index contributed by atoms with van der Waals surface area (Å²) in [6.07, 6.45) is 8.10. The Balaban J connectivity index is 1.86. The maximum atomic E-state index is 12.4. The quantitative estimate of drug-likeness (QED) is 0.881. The monoisotopic (exact) mass is 328 g/mol. The van der Waals surface area contributed by atoms with Crippen molar-refractivity contribution in [2.24, 2.45) is 0 Å². The highest BCUT2D eigenvalue weighted by Crippen LogP contribution is 2.18. The Bertz CT molecular complexity index is 831. The molecule has 6 nitrogen and oxygen atoms in total. The van der Waals surface area contributed by atoms with Crippen LogP contribution in [-0.2, 0) is 4.79 Å². The molecule has 1 aliphatic heterocycles. The highest BCUT2D eigenvalue weighted by atomic mass is 16.2. The summed E-state index contributed by atoms with van der Waals surface area (Å²) in [5.41, 5.74) is 0.979. The molecule has 1 fully saturated rings. The number of hydrogen-bond donors (Lipinski definition) is 1. The van der Waals surface area contributed by atoms with Gasteiger partial charge in [0.25, 0.3) is 5.56 Å². The number of amides is 1. The van der Waals surface area contributed by atoms with Gasteiger partial charge in [0.05, 0.1) is 6.20 Å². The summed E-state index contributed by atoms with van der Waals surface area (Å²) >= 11 is 0. The van der Waals surface area contributed by atoms with Crippen molar-refractivity contribution in [3.63, 3.8) is 0 Å². The Morgan fingerprint density at radius 2 is 2.21 bits per heavy atom. The summed E-state index contributed by atoms with van der Waals surface area (Å²) in [5, 5.41) is 5.17. The number of nitrogens with zero attached hydrogens (tertiary/aromatic N) is 3. The molecule has 0 saturated carbocycles. The molecule has 3 heterocycles. The van der Waals surface area contributed by atoms with Gasteiger partial charge in [-0.1, -0.05) is 0 Å². The molecule has 0 aromatic carbocycles. The number of carbonyl (C=O) groups excluding carboxylic acids is 1. The van der Waals surface area contributed by atoms with E-state index >= 15 is 0 Å². The first-order chi connectivity index (χ1) is 11.5. The molecule has 24 heavy (non-hydrogen) atoms. The van der Waals surface area contributed by atoms with Gasteiger partial charge in [0.15, 0.2) is 0 Å². The zero-order chi connectivity index (χ0) is 17.3. The smallest absolute Gasteiger partial charge is 0.256 e. The summed E-state index contributed by atoms with van der Waals surface area (Å²) < 4.78 is 1.78. The SMILES string of the molecule is CC(C)n1ncc2cc(/C=C/C(=O)N3CCCC[C@H]3C)c(=O)[nH]c21. The van der Waals surface area contributed by atoms with Crippen LogP contribution in [0.5, 0.6) is 0 Å². The van der Waals surface area contributed by atoms with Crippen LogP contribution in [0, 0.1) is 0 Å². The van der Waals surface area contributed by atoms with Gasteiger partial charge < -0.3 is 9.88 Å². The minimum atomic E-state index is -0.208. The molecular weight excluding hydrogens is 304 g/mol. The Hall–Kier alpha value is -2.37. The van der Waals surface area contributed by atoms with Crippen LogP contribution in [0.1, 0.15) is 51.6 Å². The van der Waals surface area contributed by atoms with Crippen molar-refractivity contribution in [2.75, 3.05) is 6.54 Å². The predicted octanol–water partition coefficient (Wildman–Crippen LogP) is 2.72. The summed E-state index contributed by atoms with van der Waals surface area (Å²) in [6.45, 7) is 6.89. The van der Waals surface area contributed by atoms with Gasteiger partial charge in [-0.25, -0.2) is 4.68 Å². The Morgan fingerprint density at radius 3 is 2.92 bits per heavy atom. The Labute approximate surface area is 141 Å². The molecule has 6 heteroatoms. The average Bonchev–Trinajstić information content (AvgIpc) is 2.95. The second-order valence-electron chi connectivity index (χ2n) is 6.75. The predicted molar refractivity (Wildman–Crippen MR) is 94.8 cm³/mol. The minimum Gasteiger partial charge on any atom is -0.336 e. The summed E-state index contributed by atoms with van der Waals surface area (Å²) in [6, 6.07) is 2.21. The molecule has 1 atom stereocenters. The first-order valence-corrected chi connectivity index (χ1v) is 8.56. The van der Waals surface area contributed by atoms with Crippen molar-refractivity contribution >= 4 is 23.0 Å². The first-order valence-electron chi connectivity index (χ1n) is 8.56. The molecule has 0 bridgehead atoms. The fraction of sp³-hybridized carbons (Fsp3) is 0.500. The zero-order valence-corrected chi connectivity index (χ0v) is 14.5. The lowest BCUT2D eigenvalue weighted by molar-refractivity contribution is -0.129. The highest BCUT2D eigenvalue weighted by Gasteiger charge is 2.21. The van der Waals surface area contributed by atoms with Gasteiger partial charge in [0.2, 0.25) is 5.91 Å². The van der Waals surface area contributed by atoms with Gasteiger partial charge in [0.1, 0.15) is 5.65 Å². The molecule has 2 aromatic heterocycles. The summed E-state index contributed by atoms with van der Waals surface area (Å²) in [7, 11) is 0. The third-order valence-corrected chi connectivity index (χ3v) is 4.61. The lowest BCUT2D eigenvalue weighted by Gasteiger charge is -2.32. The Kier molecular flexibility index (Phi) is 4.55. The number of aromatic nitrogens is 3.